The van der Waals surface area contributed by atoms with E-state index in [9.17, 15) is 13.2 Å². The van der Waals surface area contributed by atoms with Crippen LogP contribution in [0, 0.1) is 6.92 Å². The molecule has 2 heterocycles. The molecule has 2 aromatic heterocycles. The molecule has 0 aliphatic rings. The van der Waals surface area contributed by atoms with Crippen LogP contribution >= 0.6 is 0 Å². The van der Waals surface area contributed by atoms with Crippen molar-refractivity contribution in [2.45, 2.75) is 44.7 Å². The molecule has 0 unspecified atom stereocenters. The number of hydrogen-bond acceptors (Lipinski definition) is 4. The van der Waals surface area contributed by atoms with Gasteiger partial charge in [0, 0.05) is 47.8 Å². The molecule has 0 saturated heterocycles. The van der Waals surface area contributed by atoms with Gasteiger partial charge < -0.3 is 9.88 Å². The van der Waals surface area contributed by atoms with Crippen LogP contribution in [-0.4, -0.2) is 52.6 Å². The number of benzene rings is 3. The summed E-state index contributed by atoms with van der Waals surface area (Å²) < 4.78 is 29.2. The predicted octanol–water partition coefficient (Wildman–Crippen LogP) is 5.70. The number of hydrogen-bond donors (Lipinski definition) is 1. The summed E-state index contributed by atoms with van der Waals surface area (Å²) in [5.74, 6) is -0.245. The summed E-state index contributed by atoms with van der Waals surface area (Å²) in [6, 6.07) is 24.5. The third-order valence-electron chi connectivity index (χ3n) is 7.22. The second kappa shape index (κ2) is 11.6. The van der Waals surface area contributed by atoms with Crippen molar-refractivity contribution in [2.24, 2.45) is 0 Å². The summed E-state index contributed by atoms with van der Waals surface area (Å²) >= 11 is 0. The number of rotatable bonds is 10. The second-order valence-corrected chi connectivity index (χ2v) is 12.2. The highest BCUT2D eigenvalue weighted by atomic mass is 32.2. The predicted molar refractivity (Wildman–Crippen MR) is 159 cm³/mol. The maximum Gasteiger partial charge on any atom is 0.245 e. The average molecular weight is 555 g/mol. The van der Waals surface area contributed by atoms with Crippen molar-refractivity contribution >= 4 is 37.7 Å². The third-order valence-corrected chi connectivity index (χ3v) is 9.28. The Hall–Kier alpha value is -4.01. The number of carbonyl (C=O) groups is 1. The van der Waals surface area contributed by atoms with E-state index in [1.807, 2.05) is 67.7 Å². The van der Waals surface area contributed by atoms with E-state index < -0.39 is 16.1 Å². The fraction of sp³-hybridized carbons (Fsp3) is 0.250. The highest BCUT2D eigenvalue weighted by molar-refractivity contribution is 7.89. The highest BCUT2D eigenvalue weighted by Crippen LogP contribution is 2.26. The number of amides is 1. The molecule has 8 heteroatoms. The van der Waals surface area contributed by atoms with Crippen LogP contribution in [0.25, 0.3) is 21.8 Å². The lowest BCUT2D eigenvalue weighted by molar-refractivity contribution is -0.132. The molecule has 0 radical (unpaired) electrons. The molecule has 5 rings (SSSR count). The number of carbonyl (C=O) groups excluding carboxylic acids is 1. The Morgan fingerprint density at radius 3 is 2.48 bits per heavy atom. The topological polar surface area (TPSA) is 86.4 Å². The number of H-pyrrole nitrogens is 1. The summed E-state index contributed by atoms with van der Waals surface area (Å²) in [6.07, 6.45) is 4.21. The first-order chi connectivity index (χ1) is 19.2. The minimum Gasteiger partial charge on any atom is -0.361 e. The van der Waals surface area contributed by atoms with Crippen molar-refractivity contribution in [3.8, 4) is 0 Å². The molecule has 1 amide bonds. The third kappa shape index (κ3) is 5.78. The largest absolute Gasteiger partial charge is 0.361 e. The van der Waals surface area contributed by atoms with Gasteiger partial charge in [0.2, 0.25) is 15.9 Å². The van der Waals surface area contributed by atoms with Gasteiger partial charge in [-0.05, 0) is 56.5 Å². The molecule has 3 aromatic carbocycles. The minimum atomic E-state index is -4.00. The van der Waals surface area contributed by atoms with Crippen LogP contribution in [0.4, 0.5) is 0 Å². The quantitative estimate of drug-likeness (QED) is 0.240. The Labute approximate surface area is 235 Å². The van der Waals surface area contributed by atoms with Gasteiger partial charge in [-0.1, -0.05) is 66.2 Å². The van der Waals surface area contributed by atoms with Gasteiger partial charge in [0.1, 0.15) is 4.90 Å². The number of fused-ring (bicyclic) bond motifs is 2. The smallest absolute Gasteiger partial charge is 0.245 e. The summed E-state index contributed by atoms with van der Waals surface area (Å²) in [7, 11) is -4.00. The molecule has 0 aliphatic carbocycles. The molecule has 0 fully saturated rings. The second-order valence-electron chi connectivity index (χ2n) is 10.4. The van der Waals surface area contributed by atoms with Gasteiger partial charge in [-0.2, -0.15) is 4.31 Å². The van der Waals surface area contributed by atoms with Crippen LogP contribution in [-0.2, 0) is 27.8 Å². The van der Waals surface area contributed by atoms with Gasteiger partial charge in [-0.3, -0.25) is 9.78 Å². The van der Waals surface area contributed by atoms with E-state index >= 15 is 0 Å². The number of nitrogens with one attached hydrogen (secondary N) is 1. The first-order valence-corrected chi connectivity index (χ1v) is 14.9. The van der Waals surface area contributed by atoms with E-state index in [1.54, 1.807) is 43.1 Å². The van der Waals surface area contributed by atoms with Gasteiger partial charge in [0.15, 0.2) is 0 Å². The van der Waals surface area contributed by atoms with Crippen molar-refractivity contribution in [1.82, 2.24) is 19.2 Å². The Bertz CT molecular complexity index is 1740. The van der Waals surface area contributed by atoms with Crippen LogP contribution in [0.1, 0.15) is 30.5 Å². The molecule has 0 bridgehead atoms. The minimum absolute atomic E-state index is 0.107. The van der Waals surface area contributed by atoms with Crippen molar-refractivity contribution in [3.63, 3.8) is 0 Å². The zero-order valence-electron chi connectivity index (χ0n) is 23.0. The zero-order valence-corrected chi connectivity index (χ0v) is 23.9. The zero-order chi connectivity index (χ0) is 28.3. The maximum atomic E-state index is 13.9. The number of pyridine rings is 1. The van der Waals surface area contributed by atoms with E-state index in [0.29, 0.717) is 25.0 Å². The number of para-hydroxylation sites is 2. The van der Waals surface area contributed by atoms with Crippen molar-refractivity contribution in [3.05, 3.63) is 108 Å². The van der Waals surface area contributed by atoms with E-state index in [0.717, 1.165) is 33.0 Å². The Balaban J connectivity index is 1.43. The first-order valence-electron chi connectivity index (χ1n) is 13.5. The van der Waals surface area contributed by atoms with Crippen molar-refractivity contribution < 1.29 is 13.2 Å². The van der Waals surface area contributed by atoms with Crippen LogP contribution < -0.4 is 0 Å². The summed E-state index contributed by atoms with van der Waals surface area (Å²) in [5.41, 5.74) is 4.71. The molecule has 0 saturated carbocycles. The summed E-state index contributed by atoms with van der Waals surface area (Å²) in [6.45, 7) is 6.19. The average Bonchev–Trinajstić information content (AvgIpc) is 3.37. The van der Waals surface area contributed by atoms with Gasteiger partial charge >= 0.3 is 0 Å². The standard InChI is InChI=1S/C32H34N4O3S/c1-23(2)36(40(38,39)30-12-6-8-26-9-7-18-33-32(26)30)22-31(37)35(21-25-15-13-24(3)14-16-25)19-17-27-20-34-29-11-5-4-10-28(27)29/h4-16,18,20,23,34H,17,19,21-22H2,1-3H3. The number of aromatic amines is 1. The molecule has 7 nitrogen and oxygen atoms in total. The lowest BCUT2D eigenvalue weighted by Gasteiger charge is -2.30. The molecular formula is C32H34N4O3S. The molecule has 0 aliphatic heterocycles. The number of aryl methyl sites for hydroxylation is 1. The molecule has 40 heavy (non-hydrogen) atoms. The fourth-order valence-corrected chi connectivity index (χ4v) is 6.74. The van der Waals surface area contributed by atoms with Crippen molar-refractivity contribution in [2.75, 3.05) is 13.1 Å². The molecule has 5 aromatic rings. The molecule has 206 valence electrons. The van der Waals surface area contributed by atoms with E-state index in [-0.39, 0.29) is 17.3 Å². The lowest BCUT2D eigenvalue weighted by Crippen LogP contribution is -2.46. The number of aromatic nitrogens is 2. The Morgan fingerprint density at radius 2 is 1.70 bits per heavy atom. The van der Waals surface area contributed by atoms with Gasteiger partial charge in [0.05, 0.1) is 12.1 Å². The highest BCUT2D eigenvalue weighted by Gasteiger charge is 2.32. The van der Waals surface area contributed by atoms with Crippen LogP contribution in [0.5, 0.6) is 0 Å². The number of sulfonamides is 1. The fourth-order valence-electron chi connectivity index (χ4n) is 4.99. The van der Waals surface area contributed by atoms with Gasteiger partial charge in [-0.15, -0.1) is 0 Å². The summed E-state index contributed by atoms with van der Waals surface area (Å²) in [4.78, 5) is 23.4. The molecular weight excluding hydrogens is 520 g/mol. The van der Waals surface area contributed by atoms with Crippen LogP contribution in [0.3, 0.4) is 0 Å². The van der Waals surface area contributed by atoms with Gasteiger partial charge in [-0.25, -0.2) is 8.42 Å². The van der Waals surface area contributed by atoms with Crippen LogP contribution in [0.2, 0.25) is 0 Å². The molecule has 1 N–H and O–H groups in total. The van der Waals surface area contributed by atoms with Crippen LogP contribution in [0.15, 0.2) is 96.2 Å². The molecule has 0 spiro atoms. The monoisotopic (exact) mass is 554 g/mol. The summed E-state index contributed by atoms with van der Waals surface area (Å²) in [5, 5.41) is 1.86. The maximum absolute atomic E-state index is 13.9. The van der Waals surface area contributed by atoms with Crippen molar-refractivity contribution in [1.29, 1.82) is 0 Å². The first kappa shape index (κ1) is 27.6. The van der Waals surface area contributed by atoms with E-state index in [4.69, 9.17) is 0 Å². The molecule has 0 atom stereocenters. The number of nitrogens with zero attached hydrogens (tertiary/aromatic N) is 3. The lowest BCUT2D eigenvalue weighted by atomic mass is 10.1. The van der Waals surface area contributed by atoms with Gasteiger partial charge in [0.25, 0.3) is 0 Å². The van der Waals surface area contributed by atoms with E-state index in [2.05, 4.69) is 16.0 Å². The Kier molecular flexibility index (Phi) is 8.00. The van der Waals surface area contributed by atoms with E-state index in [1.165, 1.54) is 4.31 Å². The Morgan fingerprint density at radius 1 is 0.950 bits per heavy atom. The SMILES string of the molecule is Cc1ccc(CN(CCc2c[nH]c3ccccc23)C(=O)CN(C(C)C)S(=O)(=O)c2cccc3cccnc23)cc1. The normalized spacial score (nSPS) is 12.0.